The van der Waals surface area contributed by atoms with Crippen LogP contribution in [-0.2, 0) is 13.0 Å². The number of nitrogens with two attached hydrogens (primary N) is 1. The molecule has 0 aliphatic heterocycles. The molecular weight excluding hydrogens is 296 g/mol. The Morgan fingerprint density at radius 1 is 1.19 bits per heavy atom. The van der Waals surface area contributed by atoms with Gasteiger partial charge in [0.05, 0.1) is 0 Å². The molecule has 2 nitrogen and oxygen atoms in total. The third-order valence-electron chi connectivity index (χ3n) is 3.02. The average Bonchev–Trinajstić information content (AvgIpc) is 2.43. The van der Waals surface area contributed by atoms with Crippen LogP contribution in [0.1, 0.15) is 18.1 Å². The van der Waals surface area contributed by atoms with Gasteiger partial charge in [-0.2, -0.15) is 0 Å². The summed E-state index contributed by atoms with van der Waals surface area (Å²) in [6.45, 7) is 1.79. The monoisotopic (exact) mass is 311 g/mol. The van der Waals surface area contributed by atoms with Crippen LogP contribution in [0, 0.1) is 11.6 Å². The van der Waals surface area contributed by atoms with Crippen LogP contribution in [0.25, 0.3) is 0 Å². The van der Waals surface area contributed by atoms with E-state index in [1.165, 1.54) is 12.1 Å². The fraction of sp³-hybridized carbons (Fsp3) is 0.250. The molecular formula is C16H16ClF2NO. The molecule has 0 saturated heterocycles. The van der Waals surface area contributed by atoms with Crippen LogP contribution in [-0.4, -0.2) is 6.04 Å². The van der Waals surface area contributed by atoms with Gasteiger partial charge in [0.15, 0.2) is 11.6 Å². The van der Waals surface area contributed by atoms with Crippen LogP contribution >= 0.6 is 11.6 Å². The fourth-order valence-electron chi connectivity index (χ4n) is 2.01. The highest BCUT2D eigenvalue weighted by Crippen LogP contribution is 2.28. The highest BCUT2D eigenvalue weighted by Gasteiger charge is 2.12. The van der Waals surface area contributed by atoms with Crippen molar-refractivity contribution in [2.75, 3.05) is 0 Å². The second-order valence-electron chi connectivity index (χ2n) is 4.90. The molecule has 0 fully saturated rings. The molecule has 0 heterocycles. The standard InChI is InChI=1S/C16H16ClF2NO/c1-10(20)8-12-13(17)5-3-7-15(12)21-9-11-4-2-6-14(18)16(11)19/h2-7,10H,8-9,20H2,1H3. The van der Waals surface area contributed by atoms with E-state index in [0.29, 0.717) is 17.2 Å². The van der Waals surface area contributed by atoms with Crippen molar-refractivity contribution in [3.8, 4) is 5.75 Å². The highest BCUT2D eigenvalue weighted by atomic mass is 35.5. The van der Waals surface area contributed by atoms with E-state index < -0.39 is 11.6 Å². The summed E-state index contributed by atoms with van der Waals surface area (Å²) in [7, 11) is 0. The number of benzene rings is 2. The first-order valence-electron chi connectivity index (χ1n) is 6.57. The van der Waals surface area contributed by atoms with E-state index in [9.17, 15) is 8.78 Å². The Hall–Kier alpha value is -1.65. The van der Waals surface area contributed by atoms with E-state index in [-0.39, 0.29) is 18.2 Å². The zero-order valence-electron chi connectivity index (χ0n) is 11.6. The lowest BCUT2D eigenvalue weighted by Crippen LogP contribution is -2.18. The highest BCUT2D eigenvalue weighted by molar-refractivity contribution is 6.31. The molecule has 5 heteroatoms. The van der Waals surface area contributed by atoms with Crippen LogP contribution in [0.3, 0.4) is 0 Å². The molecule has 0 aliphatic carbocycles. The van der Waals surface area contributed by atoms with Crippen molar-refractivity contribution >= 4 is 11.6 Å². The van der Waals surface area contributed by atoms with Gasteiger partial charge in [0.25, 0.3) is 0 Å². The summed E-state index contributed by atoms with van der Waals surface area (Å²) in [6.07, 6.45) is 0.542. The Bertz CT molecular complexity index is 632. The van der Waals surface area contributed by atoms with Gasteiger partial charge >= 0.3 is 0 Å². The zero-order chi connectivity index (χ0) is 15.4. The van der Waals surface area contributed by atoms with Gasteiger partial charge < -0.3 is 10.5 Å². The van der Waals surface area contributed by atoms with Gasteiger partial charge in [0, 0.05) is 22.2 Å². The largest absolute Gasteiger partial charge is 0.488 e. The third kappa shape index (κ3) is 3.93. The second-order valence-corrected chi connectivity index (χ2v) is 5.31. The molecule has 2 aromatic rings. The van der Waals surface area contributed by atoms with E-state index in [4.69, 9.17) is 22.1 Å². The maximum absolute atomic E-state index is 13.6. The van der Waals surface area contributed by atoms with Crippen molar-refractivity contribution < 1.29 is 13.5 Å². The van der Waals surface area contributed by atoms with Crippen molar-refractivity contribution in [3.05, 3.63) is 64.2 Å². The Kier molecular flexibility index (Phi) is 5.15. The zero-order valence-corrected chi connectivity index (χ0v) is 12.3. The summed E-state index contributed by atoms with van der Waals surface area (Å²) >= 11 is 6.14. The Morgan fingerprint density at radius 2 is 1.90 bits per heavy atom. The lowest BCUT2D eigenvalue weighted by atomic mass is 10.1. The van der Waals surface area contributed by atoms with Crippen molar-refractivity contribution in [2.24, 2.45) is 5.73 Å². The van der Waals surface area contributed by atoms with Gasteiger partial charge in [-0.25, -0.2) is 8.78 Å². The fourth-order valence-corrected chi connectivity index (χ4v) is 2.25. The molecule has 0 amide bonds. The summed E-state index contributed by atoms with van der Waals surface area (Å²) in [6, 6.07) is 9.13. The number of ether oxygens (including phenoxy) is 1. The molecule has 2 rings (SSSR count). The molecule has 21 heavy (non-hydrogen) atoms. The predicted molar refractivity (Wildman–Crippen MR) is 79.5 cm³/mol. The van der Waals surface area contributed by atoms with Gasteiger partial charge in [-0.1, -0.05) is 29.8 Å². The van der Waals surface area contributed by atoms with E-state index in [0.717, 1.165) is 11.6 Å². The Labute approximate surface area is 127 Å². The molecule has 1 unspecified atom stereocenters. The number of hydrogen-bond donors (Lipinski definition) is 1. The molecule has 0 spiro atoms. The molecule has 1 atom stereocenters. The molecule has 0 aromatic heterocycles. The van der Waals surface area contributed by atoms with Crippen molar-refractivity contribution in [1.29, 1.82) is 0 Å². The van der Waals surface area contributed by atoms with Gasteiger partial charge in [0.2, 0.25) is 0 Å². The van der Waals surface area contributed by atoms with Crippen LogP contribution in [0.4, 0.5) is 8.78 Å². The van der Waals surface area contributed by atoms with Crippen molar-refractivity contribution in [2.45, 2.75) is 26.0 Å². The van der Waals surface area contributed by atoms with E-state index in [1.807, 2.05) is 6.92 Å². The molecule has 0 saturated carbocycles. The van der Waals surface area contributed by atoms with E-state index in [2.05, 4.69) is 0 Å². The average molecular weight is 312 g/mol. The second kappa shape index (κ2) is 6.87. The summed E-state index contributed by atoms with van der Waals surface area (Å²) in [5.74, 6) is -1.25. The minimum atomic E-state index is -0.895. The van der Waals surface area contributed by atoms with Crippen LogP contribution < -0.4 is 10.5 Å². The van der Waals surface area contributed by atoms with Gasteiger partial charge in [-0.3, -0.25) is 0 Å². The lowest BCUT2D eigenvalue weighted by Gasteiger charge is -2.15. The van der Waals surface area contributed by atoms with E-state index in [1.54, 1.807) is 18.2 Å². The SMILES string of the molecule is CC(N)Cc1c(Cl)cccc1OCc1cccc(F)c1F. The molecule has 0 radical (unpaired) electrons. The summed E-state index contributed by atoms with van der Waals surface area (Å²) in [5.41, 5.74) is 6.71. The quantitative estimate of drug-likeness (QED) is 0.902. The first-order chi connectivity index (χ1) is 9.99. The number of halogens is 3. The molecule has 2 aromatic carbocycles. The topological polar surface area (TPSA) is 35.2 Å². The van der Waals surface area contributed by atoms with Gasteiger partial charge in [-0.05, 0) is 31.5 Å². The Balaban J connectivity index is 2.20. The predicted octanol–water partition coefficient (Wildman–Crippen LogP) is 4.09. The maximum Gasteiger partial charge on any atom is 0.165 e. The first kappa shape index (κ1) is 15.7. The van der Waals surface area contributed by atoms with E-state index >= 15 is 0 Å². The minimum absolute atomic E-state index is 0.0735. The van der Waals surface area contributed by atoms with Crippen molar-refractivity contribution in [3.63, 3.8) is 0 Å². The van der Waals surface area contributed by atoms with Crippen LogP contribution in [0.2, 0.25) is 5.02 Å². The number of hydrogen-bond acceptors (Lipinski definition) is 2. The molecule has 112 valence electrons. The normalized spacial score (nSPS) is 12.2. The Morgan fingerprint density at radius 3 is 2.62 bits per heavy atom. The summed E-state index contributed by atoms with van der Waals surface area (Å²) in [4.78, 5) is 0. The third-order valence-corrected chi connectivity index (χ3v) is 3.37. The molecule has 2 N–H and O–H groups in total. The smallest absolute Gasteiger partial charge is 0.165 e. The molecule has 0 aliphatic rings. The van der Waals surface area contributed by atoms with Crippen LogP contribution in [0.5, 0.6) is 5.75 Å². The first-order valence-corrected chi connectivity index (χ1v) is 6.95. The van der Waals surface area contributed by atoms with Gasteiger partial charge in [0.1, 0.15) is 12.4 Å². The van der Waals surface area contributed by atoms with Crippen molar-refractivity contribution in [1.82, 2.24) is 0 Å². The molecule has 0 bridgehead atoms. The van der Waals surface area contributed by atoms with Gasteiger partial charge in [-0.15, -0.1) is 0 Å². The summed E-state index contributed by atoms with van der Waals surface area (Å²) in [5, 5.41) is 0.546. The maximum atomic E-state index is 13.6. The lowest BCUT2D eigenvalue weighted by molar-refractivity contribution is 0.293. The number of rotatable bonds is 5. The minimum Gasteiger partial charge on any atom is -0.488 e. The van der Waals surface area contributed by atoms with Crippen LogP contribution in [0.15, 0.2) is 36.4 Å². The summed E-state index contributed by atoms with van der Waals surface area (Å²) < 4.78 is 32.3.